The molecule has 0 saturated heterocycles. The fourth-order valence-electron chi connectivity index (χ4n) is 1.61. The van der Waals surface area contributed by atoms with E-state index in [2.05, 4.69) is 54.9 Å². The van der Waals surface area contributed by atoms with Gasteiger partial charge >= 0.3 is 0 Å². The van der Waals surface area contributed by atoms with Gasteiger partial charge in [-0.3, -0.25) is 0 Å². The second-order valence-corrected chi connectivity index (χ2v) is 5.31. The third-order valence-electron chi connectivity index (χ3n) is 3.50. The molecule has 4 nitrogen and oxygen atoms in total. The van der Waals surface area contributed by atoms with E-state index in [1.807, 2.05) is 13.0 Å². The molecule has 0 aliphatic carbocycles. The second kappa shape index (κ2) is 6.03. The van der Waals surface area contributed by atoms with Crippen molar-refractivity contribution < 1.29 is 0 Å². The highest BCUT2D eigenvalue weighted by Gasteiger charge is 2.23. The van der Waals surface area contributed by atoms with Gasteiger partial charge in [0, 0.05) is 25.2 Å². The van der Waals surface area contributed by atoms with Crippen molar-refractivity contribution in [2.45, 2.75) is 53.0 Å². The highest BCUT2D eigenvalue weighted by molar-refractivity contribution is 5.50. The summed E-state index contributed by atoms with van der Waals surface area (Å²) in [6.45, 7) is 11.7. The van der Waals surface area contributed by atoms with Crippen LogP contribution in [0.4, 0.5) is 11.6 Å². The Kier molecular flexibility index (Phi) is 4.93. The Morgan fingerprint density at radius 3 is 2.50 bits per heavy atom. The number of rotatable bonds is 6. The zero-order valence-electron chi connectivity index (χ0n) is 12.5. The van der Waals surface area contributed by atoms with Crippen LogP contribution in [0.25, 0.3) is 0 Å². The number of aryl methyl sites for hydroxylation is 1. The Bertz CT molecular complexity index is 387. The molecule has 0 aliphatic rings. The van der Waals surface area contributed by atoms with E-state index in [-0.39, 0.29) is 5.54 Å². The van der Waals surface area contributed by atoms with Crippen LogP contribution in [0, 0.1) is 6.92 Å². The van der Waals surface area contributed by atoms with Crippen LogP contribution in [0.1, 0.15) is 46.4 Å². The molecule has 1 aromatic rings. The zero-order valence-corrected chi connectivity index (χ0v) is 12.5. The van der Waals surface area contributed by atoms with E-state index in [1.54, 1.807) is 0 Å². The lowest BCUT2D eigenvalue weighted by molar-refractivity contribution is 0.467. The van der Waals surface area contributed by atoms with Crippen LogP contribution in [-0.2, 0) is 0 Å². The molecule has 18 heavy (non-hydrogen) atoms. The van der Waals surface area contributed by atoms with E-state index in [0.29, 0.717) is 0 Å². The maximum atomic E-state index is 4.53. The Morgan fingerprint density at radius 2 is 1.94 bits per heavy atom. The molecule has 0 aromatic carbocycles. The van der Waals surface area contributed by atoms with E-state index >= 15 is 0 Å². The van der Waals surface area contributed by atoms with Crippen LogP contribution in [0.3, 0.4) is 0 Å². The minimum absolute atomic E-state index is 0.100. The number of hydrogen-bond donors (Lipinski definition) is 1. The SMILES string of the molecule is CCCNc1cc(N(C)C(C)(C)CC)nc(C)n1. The van der Waals surface area contributed by atoms with Crippen molar-refractivity contribution in [2.75, 3.05) is 23.8 Å². The average molecular weight is 250 g/mol. The van der Waals surface area contributed by atoms with Gasteiger partial charge in [-0.05, 0) is 33.6 Å². The van der Waals surface area contributed by atoms with Gasteiger partial charge in [0.2, 0.25) is 0 Å². The molecule has 102 valence electrons. The number of hydrogen-bond acceptors (Lipinski definition) is 4. The summed E-state index contributed by atoms with van der Waals surface area (Å²) in [4.78, 5) is 11.2. The normalized spacial score (nSPS) is 11.4. The summed E-state index contributed by atoms with van der Waals surface area (Å²) in [5.74, 6) is 2.70. The molecule has 0 aliphatic heterocycles. The first kappa shape index (κ1) is 14.7. The predicted octanol–water partition coefficient (Wildman–Crippen LogP) is 3.23. The van der Waals surface area contributed by atoms with Crippen molar-refractivity contribution in [3.63, 3.8) is 0 Å². The molecular weight excluding hydrogens is 224 g/mol. The van der Waals surface area contributed by atoms with Crippen molar-refractivity contribution in [3.05, 3.63) is 11.9 Å². The summed E-state index contributed by atoms with van der Waals surface area (Å²) >= 11 is 0. The van der Waals surface area contributed by atoms with E-state index in [9.17, 15) is 0 Å². The van der Waals surface area contributed by atoms with Gasteiger partial charge in [0.25, 0.3) is 0 Å². The van der Waals surface area contributed by atoms with E-state index < -0.39 is 0 Å². The van der Waals surface area contributed by atoms with E-state index in [4.69, 9.17) is 0 Å². The fourth-order valence-corrected chi connectivity index (χ4v) is 1.61. The lowest BCUT2D eigenvalue weighted by atomic mass is 10.00. The topological polar surface area (TPSA) is 41.0 Å². The third-order valence-corrected chi connectivity index (χ3v) is 3.50. The number of nitrogens with zero attached hydrogens (tertiary/aromatic N) is 3. The van der Waals surface area contributed by atoms with Crippen molar-refractivity contribution >= 4 is 11.6 Å². The summed E-state index contributed by atoms with van der Waals surface area (Å²) in [5.41, 5.74) is 0.100. The molecule has 0 unspecified atom stereocenters. The fraction of sp³-hybridized carbons (Fsp3) is 0.714. The van der Waals surface area contributed by atoms with Gasteiger partial charge in [-0.25, -0.2) is 9.97 Å². The molecule has 0 atom stereocenters. The van der Waals surface area contributed by atoms with E-state index in [1.165, 1.54) is 0 Å². The van der Waals surface area contributed by atoms with Crippen molar-refractivity contribution in [1.29, 1.82) is 0 Å². The standard InChI is InChI=1S/C14H26N4/c1-7-9-15-12-10-13(17-11(3)16-12)18(6)14(4,5)8-2/h10H,7-9H2,1-6H3,(H,15,16,17). The summed E-state index contributed by atoms with van der Waals surface area (Å²) < 4.78 is 0. The van der Waals surface area contributed by atoms with Gasteiger partial charge in [0.1, 0.15) is 17.5 Å². The molecule has 0 fully saturated rings. The van der Waals surface area contributed by atoms with E-state index in [0.717, 1.165) is 36.8 Å². The van der Waals surface area contributed by atoms with Gasteiger partial charge in [-0.2, -0.15) is 0 Å². The van der Waals surface area contributed by atoms with Gasteiger partial charge in [-0.1, -0.05) is 13.8 Å². The summed E-state index contributed by atoms with van der Waals surface area (Å²) in [6.07, 6.45) is 2.17. The van der Waals surface area contributed by atoms with Gasteiger partial charge in [-0.15, -0.1) is 0 Å². The van der Waals surface area contributed by atoms with Crippen LogP contribution in [0.2, 0.25) is 0 Å². The number of nitrogens with one attached hydrogen (secondary N) is 1. The Hall–Kier alpha value is -1.32. The Balaban J connectivity index is 2.98. The molecule has 4 heteroatoms. The van der Waals surface area contributed by atoms with Crippen LogP contribution < -0.4 is 10.2 Å². The molecule has 0 saturated carbocycles. The highest BCUT2D eigenvalue weighted by Crippen LogP contribution is 2.24. The van der Waals surface area contributed by atoms with Crippen LogP contribution >= 0.6 is 0 Å². The lowest BCUT2D eigenvalue weighted by Crippen LogP contribution is -2.41. The molecule has 1 aromatic heterocycles. The van der Waals surface area contributed by atoms with Crippen LogP contribution in [-0.4, -0.2) is 29.1 Å². The predicted molar refractivity (Wildman–Crippen MR) is 78.3 cm³/mol. The molecule has 1 heterocycles. The molecule has 0 amide bonds. The average Bonchev–Trinajstić information content (AvgIpc) is 2.34. The lowest BCUT2D eigenvalue weighted by Gasteiger charge is -2.36. The quantitative estimate of drug-likeness (QED) is 0.841. The maximum absolute atomic E-state index is 4.53. The third kappa shape index (κ3) is 3.59. The summed E-state index contributed by atoms with van der Waals surface area (Å²) in [7, 11) is 2.09. The maximum Gasteiger partial charge on any atom is 0.134 e. The molecule has 0 radical (unpaired) electrons. The zero-order chi connectivity index (χ0) is 13.8. The highest BCUT2D eigenvalue weighted by atomic mass is 15.2. The van der Waals surface area contributed by atoms with Gasteiger partial charge in [0.15, 0.2) is 0 Å². The van der Waals surface area contributed by atoms with Crippen molar-refractivity contribution in [1.82, 2.24) is 9.97 Å². The monoisotopic (exact) mass is 250 g/mol. The minimum Gasteiger partial charge on any atom is -0.370 e. The molecule has 1 rings (SSSR count). The molecule has 0 bridgehead atoms. The first-order valence-electron chi connectivity index (χ1n) is 6.74. The van der Waals surface area contributed by atoms with Crippen LogP contribution in [0.5, 0.6) is 0 Å². The van der Waals surface area contributed by atoms with Crippen LogP contribution in [0.15, 0.2) is 6.07 Å². The Morgan fingerprint density at radius 1 is 1.28 bits per heavy atom. The minimum atomic E-state index is 0.100. The summed E-state index contributed by atoms with van der Waals surface area (Å²) in [6, 6.07) is 2.03. The van der Waals surface area contributed by atoms with Gasteiger partial charge in [0.05, 0.1) is 0 Å². The smallest absolute Gasteiger partial charge is 0.134 e. The van der Waals surface area contributed by atoms with Crippen molar-refractivity contribution in [3.8, 4) is 0 Å². The largest absolute Gasteiger partial charge is 0.370 e. The molecular formula is C14H26N4. The first-order valence-corrected chi connectivity index (χ1v) is 6.74. The van der Waals surface area contributed by atoms with Gasteiger partial charge < -0.3 is 10.2 Å². The second-order valence-electron chi connectivity index (χ2n) is 5.31. The number of aromatic nitrogens is 2. The first-order chi connectivity index (χ1) is 8.40. The van der Waals surface area contributed by atoms with Crippen molar-refractivity contribution in [2.24, 2.45) is 0 Å². The summed E-state index contributed by atoms with van der Waals surface area (Å²) in [5, 5.41) is 3.32. The molecule has 0 spiro atoms. The Labute approximate surface area is 111 Å². The molecule has 1 N–H and O–H groups in total. The number of anilines is 2.